The minimum atomic E-state index is -3.66. The van der Waals surface area contributed by atoms with E-state index in [1.165, 1.54) is 0 Å². The van der Waals surface area contributed by atoms with Crippen LogP contribution in [0.3, 0.4) is 0 Å². The summed E-state index contributed by atoms with van der Waals surface area (Å²) in [5.41, 5.74) is 1.81. The van der Waals surface area contributed by atoms with Crippen LogP contribution < -0.4 is 4.74 Å². The molecular formula is C20H24O4S. The maximum Gasteiger partial charge on any atom is 0.210 e. The second kappa shape index (κ2) is 6.46. The van der Waals surface area contributed by atoms with E-state index in [2.05, 4.69) is 20.8 Å². The molecule has 1 unspecified atom stereocenters. The molecule has 1 saturated heterocycles. The van der Waals surface area contributed by atoms with Crippen LogP contribution in [0.1, 0.15) is 31.9 Å². The molecule has 1 aliphatic heterocycles. The van der Waals surface area contributed by atoms with Gasteiger partial charge in [0, 0.05) is 0 Å². The summed E-state index contributed by atoms with van der Waals surface area (Å²) in [4.78, 5) is 0.487. The highest BCUT2D eigenvalue weighted by Gasteiger charge is 2.27. The molecule has 0 spiro atoms. The summed E-state index contributed by atoms with van der Waals surface area (Å²) in [6.07, 6.45) is 0.0697. The van der Waals surface area contributed by atoms with Crippen LogP contribution in [0.2, 0.25) is 0 Å². The third-order valence-corrected chi connectivity index (χ3v) is 6.02. The first-order valence-electron chi connectivity index (χ1n) is 8.38. The lowest BCUT2D eigenvalue weighted by molar-refractivity contribution is 0.258. The van der Waals surface area contributed by atoms with Crippen molar-refractivity contribution in [3.63, 3.8) is 0 Å². The average Bonchev–Trinajstić information content (AvgIpc) is 3.36. The van der Waals surface area contributed by atoms with Gasteiger partial charge in [-0.05, 0) is 47.7 Å². The van der Waals surface area contributed by atoms with E-state index in [-0.39, 0.29) is 21.3 Å². The zero-order valence-electron chi connectivity index (χ0n) is 15.1. The number of hydrogen-bond acceptors (Lipinski definition) is 4. The Kier molecular flexibility index (Phi) is 4.64. The quantitative estimate of drug-likeness (QED) is 0.759. The molecular weight excluding hydrogens is 336 g/mol. The normalized spacial score (nSPS) is 17.4. The van der Waals surface area contributed by atoms with Gasteiger partial charge in [0.15, 0.2) is 0 Å². The minimum absolute atomic E-state index is 0.0697. The van der Waals surface area contributed by atoms with Crippen LogP contribution >= 0.6 is 0 Å². The molecule has 1 fully saturated rings. The molecule has 4 nitrogen and oxygen atoms in total. The molecule has 0 saturated carbocycles. The van der Waals surface area contributed by atoms with Crippen LogP contribution in [0.5, 0.6) is 5.75 Å². The van der Waals surface area contributed by atoms with Crippen LogP contribution in [-0.2, 0) is 20.0 Å². The molecule has 0 bridgehead atoms. The summed E-state index contributed by atoms with van der Waals surface area (Å²) in [5.74, 6) is 0.386. The third-order valence-electron chi connectivity index (χ3n) is 4.23. The van der Waals surface area contributed by atoms with E-state index in [9.17, 15) is 8.42 Å². The first-order chi connectivity index (χ1) is 11.7. The van der Waals surface area contributed by atoms with Gasteiger partial charge in [0.05, 0.1) is 11.5 Å². The van der Waals surface area contributed by atoms with Crippen LogP contribution in [0.15, 0.2) is 52.3 Å². The minimum Gasteiger partial charge on any atom is -0.489 e. The number of aryl methyl sites for hydroxylation is 1. The third kappa shape index (κ3) is 4.05. The molecule has 0 aromatic heterocycles. The highest BCUT2D eigenvalue weighted by atomic mass is 32.2. The smallest absolute Gasteiger partial charge is 0.210 e. The molecule has 0 aliphatic carbocycles. The number of ether oxygens (including phenoxy) is 2. The van der Waals surface area contributed by atoms with E-state index < -0.39 is 9.84 Å². The largest absolute Gasteiger partial charge is 0.489 e. The van der Waals surface area contributed by atoms with Crippen molar-refractivity contribution in [3.05, 3.63) is 53.6 Å². The summed E-state index contributed by atoms with van der Waals surface area (Å²) in [6, 6.07) is 12.3. The monoisotopic (exact) mass is 360 g/mol. The number of epoxide rings is 1. The summed E-state index contributed by atoms with van der Waals surface area (Å²) >= 11 is 0. The lowest BCUT2D eigenvalue weighted by Crippen LogP contribution is -2.13. The van der Waals surface area contributed by atoms with E-state index in [1.54, 1.807) is 36.4 Å². The van der Waals surface area contributed by atoms with Crippen molar-refractivity contribution in [2.75, 3.05) is 13.2 Å². The van der Waals surface area contributed by atoms with Gasteiger partial charge in [-0.25, -0.2) is 8.42 Å². The number of sulfone groups is 1. The molecule has 3 rings (SSSR count). The Bertz CT molecular complexity index is 875. The molecule has 2 aromatic rings. The van der Waals surface area contributed by atoms with Gasteiger partial charge in [-0.1, -0.05) is 39.0 Å². The van der Waals surface area contributed by atoms with Crippen LogP contribution in [0.25, 0.3) is 0 Å². The van der Waals surface area contributed by atoms with Crippen LogP contribution in [-0.4, -0.2) is 27.7 Å². The first-order valence-corrected chi connectivity index (χ1v) is 9.87. The predicted octanol–water partition coefficient (Wildman–Crippen LogP) is 3.90. The van der Waals surface area contributed by atoms with Crippen molar-refractivity contribution >= 4 is 9.84 Å². The van der Waals surface area contributed by atoms with Crippen molar-refractivity contribution in [3.8, 4) is 5.75 Å². The molecule has 5 heteroatoms. The van der Waals surface area contributed by atoms with E-state index in [4.69, 9.17) is 9.47 Å². The zero-order chi connectivity index (χ0) is 18.2. The molecule has 2 aromatic carbocycles. The Morgan fingerprint density at radius 1 is 1.16 bits per heavy atom. The second-order valence-corrected chi connectivity index (χ2v) is 9.42. The average molecular weight is 360 g/mol. The maximum absolute atomic E-state index is 13.2. The number of hydrogen-bond donors (Lipinski definition) is 0. The Labute approximate surface area is 149 Å². The van der Waals surface area contributed by atoms with Gasteiger partial charge in [0.1, 0.15) is 23.4 Å². The maximum atomic E-state index is 13.2. The van der Waals surface area contributed by atoms with Crippen LogP contribution in [0, 0.1) is 6.92 Å². The van der Waals surface area contributed by atoms with E-state index in [0.29, 0.717) is 19.0 Å². The lowest BCUT2D eigenvalue weighted by atomic mass is 9.87. The number of rotatable bonds is 5. The van der Waals surface area contributed by atoms with Gasteiger partial charge in [0.25, 0.3) is 0 Å². The topological polar surface area (TPSA) is 55.9 Å². The Morgan fingerprint density at radius 2 is 1.88 bits per heavy atom. The SMILES string of the molecule is Cc1ccc(S(=O)(=O)c2cccc(C(C)(C)C)c2)c(OCC2CO2)c1. The fourth-order valence-corrected chi connectivity index (χ4v) is 3.98. The van der Waals surface area contributed by atoms with Crippen molar-refractivity contribution in [2.24, 2.45) is 0 Å². The standard InChI is InChI=1S/C20H24O4S/c1-14-8-9-19(18(10-14)24-13-16-12-23-16)25(21,22)17-7-5-6-15(11-17)20(2,3)4/h5-11,16H,12-13H2,1-4H3. The number of benzene rings is 2. The molecule has 0 radical (unpaired) electrons. The molecule has 0 amide bonds. The van der Waals surface area contributed by atoms with Crippen molar-refractivity contribution in [1.82, 2.24) is 0 Å². The van der Waals surface area contributed by atoms with Crippen molar-refractivity contribution in [2.45, 2.75) is 49.0 Å². The molecule has 1 aliphatic rings. The molecule has 25 heavy (non-hydrogen) atoms. The van der Waals surface area contributed by atoms with Crippen LogP contribution in [0.4, 0.5) is 0 Å². The predicted molar refractivity (Wildman–Crippen MR) is 97.0 cm³/mol. The summed E-state index contributed by atoms with van der Waals surface area (Å²) in [6.45, 7) is 9.14. The Morgan fingerprint density at radius 3 is 2.52 bits per heavy atom. The fourth-order valence-electron chi connectivity index (χ4n) is 2.55. The highest BCUT2D eigenvalue weighted by Crippen LogP contribution is 2.33. The van der Waals surface area contributed by atoms with E-state index in [0.717, 1.165) is 11.1 Å². The summed E-state index contributed by atoms with van der Waals surface area (Å²) in [7, 11) is -3.66. The molecule has 134 valence electrons. The summed E-state index contributed by atoms with van der Waals surface area (Å²) < 4.78 is 37.3. The van der Waals surface area contributed by atoms with Gasteiger partial charge < -0.3 is 9.47 Å². The molecule has 1 atom stereocenters. The van der Waals surface area contributed by atoms with Crippen molar-refractivity contribution < 1.29 is 17.9 Å². The zero-order valence-corrected chi connectivity index (χ0v) is 15.9. The summed E-state index contributed by atoms with van der Waals surface area (Å²) in [5, 5.41) is 0. The second-order valence-electron chi connectivity index (χ2n) is 7.50. The highest BCUT2D eigenvalue weighted by molar-refractivity contribution is 7.91. The molecule has 0 N–H and O–H groups in total. The Hall–Kier alpha value is -1.85. The lowest BCUT2D eigenvalue weighted by Gasteiger charge is -2.20. The van der Waals surface area contributed by atoms with Crippen molar-refractivity contribution in [1.29, 1.82) is 0 Å². The van der Waals surface area contributed by atoms with E-state index >= 15 is 0 Å². The van der Waals surface area contributed by atoms with Gasteiger partial charge in [-0.3, -0.25) is 0 Å². The first kappa shape index (κ1) is 18.0. The Balaban J connectivity index is 2.02. The van der Waals surface area contributed by atoms with E-state index in [1.807, 2.05) is 13.0 Å². The van der Waals surface area contributed by atoms with Gasteiger partial charge >= 0.3 is 0 Å². The molecule has 1 heterocycles. The fraction of sp³-hybridized carbons (Fsp3) is 0.400. The van der Waals surface area contributed by atoms with Gasteiger partial charge in [-0.2, -0.15) is 0 Å². The van der Waals surface area contributed by atoms with Gasteiger partial charge in [0.2, 0.25) is 9.84 Å². The van der Waals surface area contributed by atoms with Gasteiger partial charge in [-0.15, -0.1) is 0 Å².